The maximum Gasteiger partial charge on any atom is 0.416 e. The molecule has 6 rings (SSSR count). The largest absolute Gasteiger partial charge is 0.416 e. The number of nitrogens with one attached hydrogen (secondary N) is 1. The van der Waals surface area contributed by atoms with Crippen molar-refractivity contribution in [3.8, 4) is 23.2 Å². The number of hydrogen-bond donors (Lipinski definition) is 2. The highest BCUT2D eigenvalue weighted by molar-refractivity contribution is 6.05. The molecule has 2 aromatic carbocycles. The third-order valence-corrected chi connectivity index (χ3v) is 7.84. The van der Waals surface area contributed by atoms with Crippen LogP contribution in [0.4, 0.5) is 30.5 Å². The highest BCUT2D eigenvalue weighted by atomic mass is 19.4. The van der Waals surface area contributed by atoms with Gasteiger partial charge in [0.05, 0.1) is 23.5 Å². The summed E-state index contributed by atoms with van der Waals surface area (Å²) in [5.74, 6) is 4.22. The predicted octanol–water partition coefficient (Wildman–Crippen LogP) is 3.88. The molecule has 0 bridgehead atoms. The molecular formula is C33H28F3N9O3. The van der Waals surface area contributed by atoms with Crippen LogP contribution < -0.4 is 21.6 Å². The SMILES string of the molecule is CN(C(=O)C#CCN(C)C1CC1)c1cccc(-n2c(=O)n(-c3ccc(C(=O)Nc4cc(C(F)(F)F)ccn4)cc3)c3c(N)ncnc32)c1. The number of nitrogen functional groups attached to an aromatic ring is 1. The molecule has 1 aliphatic rings. The fourth-order valence-corrected chi connectivity index (χ4v) is 5.07. The molecular weight excluding hydrogens is 627 g/mol. The summed E-state index contributed by atoms with van der Waals surface area (Å²) in [6, 6.07) is 14.5. The normalized spacial score (nSPS) is 12.9. The molecule has 0 spiro atoms. The van der Waals surface area contributed by atoms with E-state index in [2.05, 4.69) is 37.0 Å². The Balaban J connectivity index is 1.29. The fraction of sp³-hybridized carbons (Fsp3) is 0.212. The number of halogens is 3. The van der Waals surface area contributed by atoms with Crippen molar-refractivity contribution in [1.29, 1.82) is 0 Å². The maximum atomic E-state index is 14.0. The van der Waals surface area contributed by atoms with Crippen molar-refractivity contribution in [2.75, 3.05) is 36.6 Å². The summed E-state index contributed by atoms with van der Waals surface area (Å²) in [6.45, 7) is 0.485. The summed E-state index contributed by atoms with van der Waals surface area (Å²) in [7, 11) is 3.57. The minimum absolute atomic E-state index is 0.0168. The molecule has 244 valence electrons. The second-order valence-electron chi connectivity index (χ2n) is 11.1. The molecule has 3 N–H and O–H groups in total. The van der Waals surface area contributed by atoms with E-state index < -0.39 is 29.2 Å². The number of pyridine rings is 1. The number of rotatable bonds is 7. The summed E-state index contributed by atoms with van der Waals surface area (Å²) < 4.78 is 41.8. The zero-order valence-corrected chi connectivity index (χ0v) is 25.7. The van der Waals surface area contributed by atoms with Gasteiger partial charge < -0.3 is 16.0 Å². The smallest absolute Gasteiger partial charge is 0.382 e. The number of amides is 2. The van der Waals surface area contributed by atoms with Gasteiger partial charge in [-0.15, -0.1) is 0 Å². The predicted molar refractivity (Wildman–Crippen MR) is 173 cm³/mol. The van der Waals surface area contributed by atoms with Gasteiger partial charge in [-0.2, -0.15) is 13.2 Å². The van der Waals surface area contributed by atoms with Crippen LogP contribution in [0.3, 0.4) is 0 Å². The number of carbonyl (C=O) groups is 2. The van der Waals surface area contributed by atoms with Gasteiger partial charge in [-0.05, 0) is 80.4 Å². The lowest BCUT2D eigenvalue weighted by atomic mass is 10.2. The zero-order chi connectivity index (χ0) is 34.2. The Morgan fingerprint density at radius 3 is 2.46 bits per heavy atom. The summed E-state index contributed by atoms with van der Waals surface area (Å²) in [6.07, 6.45) is -0.153. The van der Waals surface area contributed by atoms with E-state index in [-0.39, 0.29) is 28.4 Å². The van der Waals surface area contributed by atoms with Crippen molar-refractivity contribution in [3.63, 3.8) is 0 Å². The summed E-state index contributed by atoms with van der Waals surface area (Å²) in [5.41, 5.74) is 6.40. The molecule has 3 aromatic heterocycles. The molecule has 12 nitrogen and oxygen atoms in total. The third-order valence-electron chi connectivity index (χ3n) is 7.84. The van der Waals surface area contributed by atoms with Gasteiger partial charge in [0.1, 0.15) is 17.7 Å². The first-order valence-electron chi connectivity index (χ1n) is 14.7. The van der Waals surface area contributed by atoms with Gasteiger partial charge in [0.2, 0.25) is 0 Å². The Hall–Kier alpha value is -6.01. The first kappa shape index (κ1) is 32.0. The van der Waals surface area contributed by atoms with Crippen molar-refractivity contribution < 1.29 is 22.8 Å². The average molecular weight is 656 g/mol. The fourth-order valence-electron chi connectivity index (χ4n) is 5.07. The first-order chi connectivity index (χ1) is 22.9. The minimum Gasteiger partial charge on any atom is -0.382 e. The summed E-state index contributed by atoms with van der Waals surface area (Å²) >= 11 is 0. The highest BCUT2D eigenvalue weighted by Gasteiger charge is 2.31. The monoisotopic (exact) mass is 655 g/mol. The quantitative estimate of drug-likeness (QED) is 0.252. The van der Waals surface area contributed by atoms with Crippen LogP contribution in [0, 0.1) is 11.8 Å². The molecule has 5 aromatic rings. The van der Waals surface area contributed by atoms with Crippen LogP contribution in [0.1, 0.15) is 28.8 Å². The molecule has 0 unspecified atom stereocenters. The molecule has 48 heavy (non-hydrogen) atoms. The average Bonchev–Trinajstić information content (AvgIpc) is 3.87. The molecule has 1 fully saturated rings. The van der Waals surface area contributed by atoms with Crippen molar-refractivity contribution in [2.24, 2.45) is 0 Å². The topological polar surface area (TPSA) is 144 Å². The molecule has 0 radical (unpaired) electrons. The number of imidazole rings is 1. The Morgan fingerprint density at radius 2 is 1.75 bits per heavy atom. The summed E-state index contributed by atoms with van der Waals surface area (Å²) in [5, 5.41) is 2.35. The number of benzene rings is 2. The van der Waals surface area contributed by atoms with E-state index in [4.69, 9.17) is 5.73 Å². The van der Waals surface area contributed by atoms with Crippen molar-refractivity contribution >= 4 is 40.3 Å². The molecule has 1 aliphatic carbocycles. The van der Waals surface area contributed by atoms with Crippen LogP contribution in [0.5, 0.6) is 0 Å². The second kappa shape index (κ2) is 12.6. The third kappa shape index (κ3) is 6.46. The lowest BCUT2D eigenvalue weighted by Crippen LogP contribution is -2.26. The van der Waals surface area contributed by atoms with E-state index in [1.165, 1.54) is 44.6 Å². The van der Waals surface area contributed by atoms with Gasteiger partial charge in [0.15, 0.2) is 11.5 Å². The van der Waals surface area contributed by atoms with Crippen LogP contribution in [0.25, 0.3) is 22.5 Å². The summed E-state index contributed by atoms with van der Waals surface area (Å²) in [4.78, 5) is 55.3. The number of nitrogens with zero attached hydrogens (tertiary/aromatic N) is 7. The highest BCUT2D eigenvalue weighted by Crippen LogP contribution is 2.30. The van der Waals surface area contributed by atoms with Gasteiger partial charge in [0, 0.05) is 30.5 Å². The molecule has 0 atom stereocenters. The van der Waals surface area contributed by atoms with Gasteiger partial charge in [0.25, 0.3) is 5.91 Å². The lowest BCUT2D eigenvalue weighted by molar-refractivity contribution is -0.137. The molecule has 1 saturated carbocycles. The molecule has 2 amide bonds. The van der Waals surface area contributed by atoms with Crippen LogP contribution >= 0.6 is 0 Å². The number of nitrogens with two attached hydrogens (primary N) is 1. The van der Waals surface area contributed by atoms with Crippen molar-refractivity contribution in [3.05, 3.63) is 94.8 Å². The van der Waals surface area contributed by atoms with Crippen LogP contribution in [0.15, 0.2) is 78.0 Å². The minimum atomic E-state index is -4.60. The number of alkyl halides is 3. The van der Waals surface area contributed by atoms with Gasteiger partial charge in [-0.25, -0.2) is 24.3 Å². The first-order valence-corrected chi connectivity index (χ1v) is 14.7. The Morgan fingerprint density at radius 1 is 1.00 bits per heavy atom. The Bertz CT molecular complexity index is 2160. The van der Waals surface area contributed by atoms with Crippen molar-refractivity contribution in [1.82, 2.24) is 29.0 Å². The van der Waals surface area contributed by atoms with Gasteiger partial charge in [-0.3, -0.25) is 19.1 Å². The van der Waals surface area contributed by atoms with E-state index in [1.54, 1.807) is 31.3 Å². The zero-order valence-electron chi connectivity index (χ0n) is 25.7. The Kier molecular flexibility index (Phi) is 8.42. The van der Waals surface area contributed by atoms with Crippen molar-refractivity contribution in [2.45, 2.75) is 25.1 Å². The molecule has 0 aliphatic heterocycles. The van der Waals surface area contributed by atoms with Crippen LogP contribution in [-0.4, -0.2) is 67.5 Å². The van der Waals surface area contributed by atoms with Crippen LogP contribution in [0.2, 0.25) is 0 Å². The van der Waals surface area contributed by atoms with E-state index in [1.807, 2.05) is 7.05 Å². The van der Waals surface area contributed by atoms with E-state index in [9.17, 15) is 27.6 Å². The van der Waals surface area contributed by atoms with Gasteiger partial charge >= 0.3 is 17.8 Å². The number of anilines is 3. The molecule has 0 saturated heterocycles. The van der Waals surface area contributed by atoms with E-state index in [0.29, 0.717) is 29.6 Å². The standard InChI is InChI=1S/C33H28F3N9O3/c1-42(22-12-13-22)16-4-7-27(46)43(2)24-5-3-6-25(18-24)45-30-28(29(37)39-19-40-30)44(32(45)48)23-10-8-20(9-11-23)31(47)41-26-17-21(14-15-38-26)33(34,35)36/h3,5-6,8-11,14-15,17-19,22H,12-13,16H2,1-2H3,(H2,37,39,40)(H,38,41,47). The number of fused-ring (bicyclic) bond motifs is 1. The molecule has 3 heterocycles. The van der Waals surface area contributed by atoms with E-state index >= 15 is 0 Å². The number of carbonyl (C=O) groups excluding carboxylic acids is 2. The number of hydrogen-bond acceptors (Lipinski definition) is 8. The lowest BCUT2D eigenvalue weighted by Gasteiger charge is -2.15. The molecule has 15 heteroatoms. The van der Waals surface area contributed by atoms with E-state index in [0.717, 1.165) is 31.2 Å². The van der Waals surface area contributed by atoms with Crippen LogP contribution in [-0.2, 0) is 11.0 Å². The second-order valence-corrected chi connectivity index (χ2v) is 11.1. The Labute approximate surface area is 271 Å². The maximum absolute atomic E-state index is 14.0. The van der Waals surface area contributed by atoms with Gasteiger partial charge in [-0.1, -0.05) is 12.0 Å². The number of aromatic nitrogens is 5.